The molecule has 1 unspecified atom stereocenters. The third-order valence-corrected chi connectivity index (χ3v) is 10.5. The number of rotatable bonds is 13. The van der Waals surface area contributed by atoms with Crippen LogP contribution in [0.1, 0.15) is 105 Å². The van der Waals surface area contributed by atoms with E-state index in [1.807, 2.05) is 24.5 Å². The van der Waals surface area contributed by atoms with E-state index >= 15 is 0 Å². The van der Waals surface area contributed by atoms with Crippen LogP contribution in [0.15, 0.2) is 42.5 Å². The Bertz CT molecular complexity index is 1200. The molecule has 0 radical (unpaired) electrons. The zero-order valence-corrected chi connectivity index (χ0v) is 25.8. The molecule has 0 spiro atoms. The summed E-state index contributed by atoms with van der Waals surface area (Å²) < 4.78 is 0. The van der Waals surface area contributed by atoms with Gasteiger partial charge in [-0.1, -0.05) is 75.3 Å². The van der Waals surface area contributed by atoms with E-state index in [4.69, 9.17) is 0 Å². The molecule has 3 saturated carbocycles. The predicted molar refractivity (Wildman–Crippen MR) is 169 cm³/mol. The molecule has 1 atom stereocenters. The summed E-state index contributed by atoms with van der Waals surface area (Å²) in [6.45, 7) is 3.00. The Morgan fingerprint density at radius 3 is 2.39 bits per heavy atom. The number of aryl methyl sites for hydroxylation is 1. The highest BCUT2D eigenvalue weighted by Gasteiger charge is 2.46. The van der Waals surface area contributed by atoms with Gasteiger partial charge in [0.05, 0.1) is 0 Å². The number of carbonyl (C=O) groups is 2. The molecule has 2 aromatic carbocycles. The van der Waals surface area contributed by atoms with Gasteiger partial charge in [-0.2, -0.15) is 11.8 Å². The Morgan fingerprint density at radius 2 is 1.73 bits per heavy atom. The van der Waals surface area contributed by atoms with E-state index in [0.717, 1.165) is 29.2 Å². The lowest BCUT2D eigenvalue weighted by Gasteiger charge is -2.45. The molecule has 0 saturated heterocycles. The first-order valence-electron chi connectivity index (χ1n) is 15.9. The van der Waals surface area contributed by atoms with E-state index in [1.54, 1.807) is 11.8 Å². The van der Waals surface area contributed by atoms with Crippen molar-refractivity contribution in [3.05, 3.63) is 59.2 Å². The van der Waals surface area contributed by atoms with Crippen molar-refractivity contribution in [3.63, 3.8) is 0 Å². The van der Waals surface area contributed by atoms with E-state index in [1.165, 1.54) is 82.6 Å². The molecule has 6 heteroatoms. The van der Waals surface area contributed by atoms with Crippen LogP contribution in [-0.4, -0.2) is 51.5 Å². The summed E-state index contributed by atoms with van der Waals surface area (Å²) in [5, 5.41) is 12.6. The van der Waals surface area contributed by atoms with Crippen molar-refractivity contribution in [2.24, 2.45) is 5.92 Å². The van der Waals surface area contributed by atoms with Crippen LogP contribution in [0.3, 0.4) is 0 Å². The molecular weight excluding hydrogens is 528 g/mol. The van der Waals surface area contributed by atoms with Gasteiger partial charge in [0.25, 0.3) is 5.91 Å². The third kappa shape index (κ3) is 7.37. The molecule has 0 bridgehead atoms. The maximum Gasteiger partial charge on any atom is 0.326 e. The third-order valence-electron chi connectivity index (χ3n) is 9.86. The summed E-state index contributed by atoms with van der Waals surface area (Å²) in [7, 11) is 0. The molecule has 222 valence electrons. The van der Waals surface area contributed by atoms with Crippen molar-refractivity contribution in [1.82, 2.24) is 10.2 Å². The number of amides is 1. The lowest BCUT2D eigenvalue weighted by atomic mass is 9.77. The van der Waals surface area contributed by atoms with E-state index in [9.17, 15) is 14.7 Å². The van der Waals surface area contributed by atoms with Gasteiger partial charge in [0.2, 0.25) is 0 Å². The van der Waals surface area contributed by atoms with Gasteiger partial charge in [0.1, 0.15) is 6.04 Å². The van der Waals surface area contributed by atoms with E-state index in [-0.39, 0.29) is 5.91 Å². The number of nitrogens with zero attached hydrogens (tertiary/aromatic N) is 1. The predicted octanol–water partition coefficient (Wildman–Crippen LogP) is 7.85. The maximum atomic E-state index is 13.6. The van der Waals surface area contributed by atoms with Crippen LogP contribution in [0.25, 0.3) is 11.1 Å². The Hall–Kier alpha value is -2.31. The molecule has 41 heavy (non-hydrogen) atoms. The van der Waals surface area contributed by atoms with E-state index in [2.05, 4.69) is 41.4 Å². The minimum absolute atomic E-state index is 0.313. The minimum Gasteiger partial charge on any atom is -0.480 e. The fourth-order valence-corrected chi connectivity index (χ4v) is 8.02. The SMILES string of the molecule is CSCCC(NC(=O)c1ccc(CN(C2CC2)C2(CC3CCCCC3)CCCC2)cc1-c1ccccc1C)C(=O)O. The normalized spacial score (nSPS) is 19.8. The van der Waals surface area contributed by atoms with Crippen molar-refractivity contribution >= 4 is 23.6 Å². The molecule has 0 aliphatic heterocycles. The standard InChI is InChI=1S/C35H48N2O3S/c1-25-10-6-7-13-29(25)31-22-27(14-17-30(31)33(38)36-32(34(39)40)18-21-41-2)24-37(28-15-16-28)35(19-8-9-20-35)23-26-11-4-3-5-12-26/h6-7,10,13-14,17,22,26,28,32H,3-5,8-9,11-12,15-16,18-21,23-24H2,1-2H3,(H,36,38)(H,39,40). The van der Waals surface area contributed by atoms with Crippen LogP contribution in [-0.2, 0) is 11.3 Å². The average molecular weight is 577 g/mol. The number of hydrogen-bond acceptors (Lipinski definition) is 4. The van der Waals surface area contributed by atoms with Gasteiger partial charge >= 0.3 is 5.97 Å². The Labute approximate surface area is 250 Å². The van der Waals surface area contributed by atoms with Crippen molar-refractivity contribution < 1.29 is 14.7 Å². The van der Waals surface area contributed by atoms with Crippen LogP contribution in [0, 0.1) is 12.8 Å². The van der Waals surface area contributed by atoms with E-state index < -0.39 is 12.0 Å². The monoisotopic (exact) mass is 576 g/mol. The highest BCUT2D eigenvalue weighted by molar-refractivity contribution is 7.98. The Morgan fingerprint density at radius 1 is 1.00 bits per heavy atom. The molecule has 5 rings (SSSR count). The molecule has 5 nitrogen and oxygen atoms in total. The van der Waals surface area contributed by atoms with Crippen LogP contribution in [0.5, 0.6) is 0 Å². The molecule has 2 N–H and O–H groups in total. The topological polar surface area (TPSA) is 69.6 Å². The fraction of sp³-hybridized carbons (Fsp3) is 0.600. The van der Waals surface area contributed by atoms with Crippen LogP contribution in [0.2, 0.25) is 0 Å². The first kappa shape index (κ1) is 30.2. The quantitative estimate of drug-likeness (QED) is 0.254. The lowest BCUT2D eigenvalue weighted by Crippen LogP contribution is -2.49. The number of hydrogen-bond donors (Lipinski definition) is 2. The molecule has 0 heterocycles. The smallest absolute Gasteiger partial charge is 0.326 e. The summed E-state index contributed by atoms with van der Waals surface area (Å²) in [6, 6.07) is 14.2. The zero-order valence-electron chi connectivity index (χ0n) is 25.0. The molecule has 2 aromatic rings. The summed E-state index contributed by atoms with van der Waals surface area (Å²) in [4.78, 5) is 28.3. The second-order valence-electron chi connectivity index (χ2n) is 12.8. The van der Waals surface area contributed by atoms with Crippen molar-refractivity contribution in [2.45, 2.75) is 115 Å². The Balaban J connectivity index is 1.45. The number of benzene rings is 2. The van der Waals surface area contributed by atoms with Crippen molar-refractivity contribution in [2.75, 3.05) is 12.0 Å². The summed E-state index contributed by atoms with van der Waals surface area (Å²) >= 11 is 1.59. The number of thioether (sulfide) groups is 1. The number of carboxylic acid groups (broad SMARTS) is 1. The molecular formula is C35H48N2O3S. The van der Waals surface area contributed by atoms with Crippen LogP contribution >= 0.6 is 11.8 Å². The van der Waals surface area contributed by atoms with Crippen LogP contribution in [0.4, 0.5) is 0 Å². The number of carboxylic acids is 1. The largest absolute Gasteiger partial charge is 0.480 e. The molecule has 3 fully saturated rings. The number of aliphatic carboxylic acids is 1. The van der Waals surface area contributed by atoms with Crippen molar-refractivity contribution in [1.29, 1.82) is 0 Å². The van der Waals surface area contributed by atoms with E-state index in [0.29, 0.717) is 29.3 Å². The number of carbonyl (C=O) groups excluding carboxylic acids is 1. The second-order valence-corrected chi connectivity index (χ2v) is 13.8. The van der Waals surface area contributed by atoms with Gasteiger partial charge in [0.15, 0.2) is 0 Å². The Kier molecular flexibility index (Phi) is 10.1. The fourth-order valence-electron chi connectivity index (χ4n) is 7.55. The first-order valence-corrected chi connectivity index (χ1v) is 17.3. The highest BCUT2D eigenvalue weighted by atomic mass is 32.2. The minimum atomic E-state index is -0.985. The second kappa shape index (κ2) is 13.8. The molecule has 3 aliphatic rings. The van der Waals surface area contributed by atoms with Gasteiger partial charge in [0, 0.05) is 23.7 Å². The van der Waals surface area contributed by atoms with Gasteiger partial charge in [-0.05, 0) is 97.8 Å². The highest BCUT2D eigenvalue weighted by Crippen LogP contribution is 2.48. The molecule has 1 amide bonds. The maximum absolute atomic E-state index is 13.6. The van der Waals surface area contributed by atoms with Gasteiger partial charge in [-0.15, -0.1) is 0 Å². The first-order chi connectivity index (χ1) is 19.9. The molecule has 3 aliphatic carbocycles. The molecule has 0 aromatic heterocycles. The summed E-state index contributed by atoms with van der Waals surface area (Å²) in [5.41, 5.74) is 5.16. The number of nitrogens with one attached hydrogen (secondary N) is 1. The van der Waals surface area contributed by atoms with Crippen molar-refractivity contribution in [3.8, 4) is 11.1 Å². The van der Waals surface area contributed by atoms with Gasteiger partial charge in [-0.3, -0.25) is 9.69 Å². The lowest BCUT2D eigenvalue weighted by molar-refractivity contribution is -0.139. The van der Waals surface area contributed by atoms with Gasteiger partial charge < -0.3 is 10.4 Å². The van der Waals surface area contributed by atoms with Gasteiger partial charge in [-0.25, -0.2) is 4.79 Å². The summed E-state index contributed by atoms with van der Waals surface area (Å²) in [6.07, 6.45) is 18.6. The average Bonchev–Trinajstić information content (AvgIpc) is 3.71. The van der Waals surface area contributed by atoms with Crippen LogP contribution < -0.4 is 5.32 Å². The summed E-state index contributed by atoms with van der Waals surface area (Å²) in [5.74, 6) is 0.249. The zero-order chi connectivity index (χ0) is 28.8.